The summed E-state index contributed by atoms with van der Waals surface area (Å²) in [6.07, 6.45) is 6.25. The molecule has 0 spiro atoms. The van der Waals surface area contributed by atoms with E-state index in [1.807, 2.05) is 16.8 Å². The third-order valence-electron chi connectivity index (χ3n) is 2.46. The zero-order chi connectivity index (χ0) is 12.8. The van der Waals surface area contributed by atoms with Gasteiger partial charge < -0.3 is 9.30 Å². The summed E-state index contributed by atoms with van der Waals surface area (Å²) < 4.78 is 7.55. The molecule has 0 fully saturated rings. The summed E-state index contributed by atoms with van der Waals surface area (Å²) in [7, 11) is 0. The largest absolute Gasteiger partial charge is 0.492 e. The maximum Gasteiger partial charge on any atom is 0.138 e. The normalized spacial score (nSPS) is 10.0. The number of nitriles is 1. The van der Waals surface area contributed by atoms with Gasteiger partial charge in [-0.2, -0.15) is 5.26 Å². The number of hydrogen-bond donors (Lipinski definition) is 0. The number of imidazole rings is 1. The van der Waals surface area contributed by atoms with E-state index >= 15 is 0 Å². The highest BCUT2D eigenvalue weighted by molar-refractivity contribution is 6.31. The lowest BCUT2D eigenvalue weighted by atomic mass is 10.2. The number of aryl methyl sites for hydroxylation is 1. The van der Waals surface area contributed by atoms with E-state index in [9.17, 15) is 0 Å². The van der Waals surface area contributed by atoms with E-state index in [1.54, 1.807) is 30.7 Å². The number of halogens is 1. The van der Waals surface area contributed by atoms with Crippen LogP contribution < -0.4 is 4.74 Å². The van der Waals surface area contributed by atoms with Crippen LogP contribution in [0.3, 0.4) is 0 Å². The maximum atomic E-state index is 8.98. The Kier molecular flexibility index (Phi) is 4.21. The van der Waals surface area contributed by atoms with E-state index in [0.29, 0.717) is 22.9 Å². The minimum atomic E-state index is 0.391. The minimum absolute atomic E-state index is 0.391. The van der Waals surface area contributed by atoms with Gasteiger partial charge in [-0.05, 0) is 18.6 Å². The standard InChI is InChI=1S/C13H12ClN3O/c14-12-3-1-4-13(11(12)9-15)18-8-2-6-17-7-5-16-10-17/h1,3-5,7,10H,2,6,8H2. The molecule has 18 heavy (non-hydrogen) atoms. The zero-order valence-electron chi connectivity index (χ0n) is 9.71. The van der Waals surface area contributed by atoms with Crippen LogP contribution in [0.5, 0.6) is 5.75 Å². The van der Waals surface area contributed by atoms with Gasteiger partial charge in [0.2, 0.25) is 0 Å². The highest BCUT2D eigenvalue weighted by atomic mass is 35.5. The van der Waals surface area contributed by atoms with E-state index in [4.69, 9.17) is 21.6 Å². The zero-order valence-corrected chi connectivity index (χ0v) is 10.5. The van der Waals surface area contributed by atoms with Crippen molar-refractivity contribution >= 4 is 11.6 Å². The Balaban J connectivity index is 1.87. The summed E-state index contributed by atoms with van der Waals surface area (Å²) in [6.45, 7) is 1.37. The fourth-order valence-electron chi connectivity index (χ4n) is 1.58. The molecule has 0 aliphatic rings. The Morgan fingerprint density at radius 1 is 1.44 bits per heavy atom. The van der Waals surface area contributed by atoms with E-state index < -0.39 is 0 Å². The fraction of sp³-hybridized carbons (Fsp3) is 0.231. The first-order chi connectivity index (χ1) is 8.81. The summed E-state index contributed by atoms with van der Waals surface area (Å²) in [5.41, 5.74) is 0.391. The quantitative estimate of drug-likeness (QED) is 0.778. The average molecular weight is 262 g/mol. The molecule has 1 aromatic heterocycles. The van der Waals surface area contributed by atoms with Crippen molar-refractivity contribution in [2.75, 3.05) is 6.61 Å². The number of ether oxygens (including phenoxy) is 1. The Hall–Kier alpha value is -1.99. The summed E-state index contributed by atoms with van der Waals surface area (Å²) in [5.74, 6) is 0.538. The smallest absolute Gasteiger partial charge is 0.138 e. The van der Waals surface area contributed by atoms with Gasteiger partial charge in [-0.3, -0.25) is 0 Å². The highest BCUT2D eigenvalue weighted by Crippen LogP contribution is 2.25. The second-order valence-corrected chi connectivity index (χ2v) is 4.13. The van der Waals surface area contributed by atoms with Crippen molar-refractivity contribution in [1.29, 1.82) is 5.26 Å². The Morgan fingerprint density at radius 2 is 2.33 bits per heavy atom. The van der Waals surface area contributed by atoms with E-state index in [2.05, 4.69) is 4.98 Å². The number of aromatic nitrogens is 2. The molecule has 0 amide bonds. The van der Waals surface area contributed by atoms with Gasteiger partial charge in [0.15, 0.2) is 0 Å². The van der Waals surface area contributed by atoms with Crippen molar-refractivity contribution in [1.82, 2.24) is 9.55 Å². The molecule has 0 saturated heterocycles. The van der Waals surface area contributed by atoms with Crippen LogP contribution in [-0.4, -0.2) is 16.2 Å². The summed E-state index contributed by atoms with van der Waals surface area (Å²) in [4.78, 5) is 3.96. The van der Waals surface area contributed by atoms with Crippen molar-refractivity contribution in [3.05, 3.63) is 47.5 Å². The molecule has 1 aromatic carbocycles. The van der Waals surface area contributed by atoms with Gasteiger partial charge in [0.1, 0.15) is 17.4 Å². The molecule has 1 heterocycles. The topological polar surface area (TPSA) is 50.8 Å². The van der Waals surface area contributed by atoms with Crippen LogP contribution in [0.2, 0.25) is 5.02 Å². The van der Waals surface area contributed by atoms with Gasteiger partial charge >= 0.3 is 0 Å². The molecule has 92 valence electrons. The molecule has 0 aliphatic heterocycles. The van der Waals surface area contributed by atoms with Crippen LogP contribution in [-0.2, 0) is 6.54 Å². The van der Waals surface area contributed by atoms with E-state index in [-0.39, 0.29) is 0 Å². The van der Waals surface area contributed by atoms with Crippen molar-refractivity contribution < 1.29 is 4.74 Å². The number of benzene rings is 1. The molecule has 5 heteroatoms. The van der Waals surface area contributed by atoms with Gasteiger partial charge in [0.05, 0.1) is 18.0 Å². The van der Waals surface area contributed by atoms with Crippen molar-refractivity contribution in [2.45, 2.75) is 13.0 Å². The Morgan fingerprint density at radius 3 is 3.06 bits per heavy atom. The van der Waals surface area contributed by atoms with Crippen molar-refractivity contribution in [2.24, 2.45) is 0 Å². The van der Waals surface area contributed by atoms with Crippen LogP contribution in [0.4, 0.5) is 0 Å². The Bertz CT molecular complexity index is 546. The monoisotopic (exact) mass is 261 g/mol. The van der Waals surface area contributed by atoms with Crippen LogP contribution in [0, 0.1) is 11.3 Å². The molecule has 4 nitrogen and oxygen atoms in total. The first-order valence-corrected chi connectivity index (χ1v) is 5.96. The Labute approximate surface area is 110 Å². The van der Waals surface area contributed by atoms with Crippen LogP contribution >= 0.6 is 11.6 Å². The molecule has 0 atom stereocenters. The van der Waals surface area contributed by atoms with Crippen LogP contribution in [0.1, 0.15) is 12.0 Å². The SMILES string of the molecule is N#Cc1c(Cl)cccc1OCCCn1ccnc1. The minimum Gasteiger partial charge on any atom is -0.492 e. The molecular weight excluding hydrogens is 250 g/mol. The molecule has 2 rings (SSSR count). The third kappa shape index (κ3) is 3.02. The van der Waals surface area contributed by atoms with E-state index in [1.165, 1.54) is 0 Å². The predicted octanol–water partition coefficient (Wildman–Crippen LogP) is 2.88. The lowest BCUT2D eigenvalue weighted by Crippen LogP contribution is -2.04. The lowest BCUT2D eigenvalue weighted by molar-refractivity contribution is 0.301. The number of hydrogen-bond acceptors (Lipinski definition) is 3. The van der Waals surface area contributed by atoms with Crippen molar-refractivity contribution in [3.63, 3.8) is 0 Å². The second-order valence-electron chi connectivity index (χ2n) is 3.73. The molecule has 0 bridgehead atoms. The third-order valence-corrected chi connectivity index (χ3v) is 2.78. The van der Waals surface area contributed by atoms with Gasteiger partial charge in [0.25, 0.3) is 0 Å². The molecular formula is C13H12ClN3O. The first-order valence-electron chi connectivity index (χ1n) is 5.58. The van der Waals surface area contributed by atoms with Gasteiger partial charge in [-0.15, -0.1) is 0 Å². The first kappa shape index (κ1) is 12.5. The second kappa shape index (κ2) is 6.08. The molecule has 0 N–H and O–H groups in total. The fourth-order valence-corrected chi connectivity index (χ4v) is 1.79. The van der Waals surface area contributed by atoms with E-state index in [0.717, 1.165) is 13.0 Å². The molecule has 2 aromatic rings. The lowest BCUT2D eigenvalue weighted by Gasteiger charge is -2.08. The average Bonchev–Trinajstić information content (AvgIpc) is 2.88. The van der Waals surface area contributed by atoms with Gasteiger partial charge in [-0.1, -0.05) is 17.7 Å². The number of nitrogens with zero attached hydrogens (tertiary/aromatic N) is 3. The summed E-state index contributed by atoms with van der Waals surface area (Å²) in [5, 5.41) is 9.40. The predicted molar refractivity (Wildman–Crippen MR) is 68.5 cm³/mol. The highest BCUT2D eigenvalue weighted by Gasteiger charge is 2.06. The van der Waals surface area contributed by atoms with Crippen LogP contribution in [0.15, 0.2) is 36.9 Å². The number of rotatable bonds is 5. The molecule has 0 radical (unpaired) electrons. The molecule has 0 unspecified atom stereocenters. The maximum absolute atomic E-state index is 8.98. The summed E-state index contributed by atoms with van der Waals surface area (Å²) >= 11 is 5.91. The molecule has 0 aliphatic carbocycles. The van der Waals surface area contributed by atoms with Crippen LogP contribution in [0.25, 0.3) is 0 Å². The summed E-state index contributed by atoms with van der Waals surface area (Å²) in [6, 6.07) is 7.25. The van der Waals surface area contributed by atoms with Crippen molar-refractivity contribution in [3.8, 4) is 11.8 Å². The van der Waals surface area contributed by atoms with Gasteiger partial charge in [0, 0.05) is 18.9 Å². The molecule has 0 saturated carbocycles. The van der Waals surface area contributed by atoms with Gasteiger partial charge in [-0.25, -0.2) is 4.98 Å².